The number of amides is 1. The number of carbonyl (C=O) groups is 1. The molecular weight excluding hydrogens is 196 g/mol. The Labute approximate surface area is 91.3 Å². The number of hydrogen-bond acceptors (Lipinski definition) is 4. The largest absolute Gasteiger partial charge is 0.382 e. The lowest BCUT2D eigenvalue weighted by molar-refractivity contribution is -0.124. The second-order valence-electron chi connectivity index (χ2n) is 3.58. The highest BCUT2D eigenvalue weighted by atomic mass is 16.5. The minimum Gasteiger partial charge on any atom is -0.382 e. The molecule has 0 aliphatic carbocycles. The summed E-state index contributed by atoms with van der Waals surface area (Å²) in [5.41, 5.74) is 4.64. The van der Waals surface area contributed by atoms with Gasteiger partial charge in [-0.2, -0.15) is 0 Å². The van der Waals surface area contributed by atoms with Gasteiger partial charge in [-0.15, -0.1) is 0 Å². The van der Waals surface area contributed by atoms with Crippen LogP contribution >= 0.6 is 0 Å². The van der Waals surface area contributed by atoms with E-state index in [0.717, 1.165) is 0 Å². The highest BCUT2D eigenvalue weighted by Crippen LogP contribution is 2.08. The Hall–Kier alpha value is -0.650. The van der Waals surface area contributed by atoms with Crippen LogP contribution in [0.5, 0.6) is 0 Å². The van der Waals surface area contributed by atoms with Gasteiger partial charge in [0, 0.05) is 13.7 Å². The third kappa shape index (κ3) is 5.71. The monoisotopic (exact) mass is 218 g/mol. The van der Waals surface area contributed by atoms with Gasteiger partial charge in [-0.1, -0.05) is 6.92 Å². The van der Waals surface area contributed by atoms with Crippen molar-refractivity contribution < 1.29 is 14.3 Å². The Bertz CT molecular complexity index is 188. The molecule has 0 saturated carbocycles. The van der Waals surface area contributed by atoms with Crippen molar-refractivity contribution >= 4 is 5.91 Å². The van der Waals surface area contributed by atoms with E-state index in [1.165, 1.54) is 0 Å². The van der Waals surface area contributed by atoms with Crippen LogP contribution in [0.3, 0.4) is 0 Å². The van der Waals surface area contributed by atoms with E-state index in [1.54, 1.807) is 14.0 Å². The first-order valence-electron chi connectivity index (χ1n) is 5.18. The Morgan fingerprint density at radius 1 is 1.40 bits per heavy atom. The van der Waals surface area contributed by atoms with Crippen molar-refractivity contribution in [1.29, 1.82) is 0 Å². The number of carbonyl (C=O) groups excluding carboxylic acids is 1. The molecule has 0 heterocycles. The fraction of sp³-hybridized carbons (Fsp3) is 0.900. The molecule has 1 unspecified atom stereocenters. The summed E-state index contributed by atoms with van der Waals surface area (Å²) in [7, 11) is 1.62. The lowest BCUT2D eigenvalue weighted by atomic mass is 9.97. The fourth-order valence-electron chi connectivity index (χ4n) is 1.21. The molecule has 5 nitrogen and oxygen atoms in total. The fourth-order valence-corrected chi connectivity index (χ4v) is 1.21. The maximum atomic E-state index is 11.2. The summed E-state index contributed by atoms with van der Waals surface area (Å²) in [4.78, 5) is 11.2. The molecule has 0 aliphatic heterocycles. The van der Waals surface area contributed by atoms with E-state index < -0.39 is 5.54 Å². The Balaban J connectivity index is 3.81. The van der Waals surface area contributed by atoms with Crippen LogP contribution < -0.4 is 11.1 Å². The van der Waals surface area contributed by atoms with E-state index in [9.17, 15) is 4.79 Å². The number of hydrogen-bond donors (Lipinski definition) is 2. The van der Waals surface area contributed by atoms with E-state index in [2.05, 4.69) is 5.32 Å². The lowest BCUT2D eigenvalue weighted by Crippen LogP contribution is -2.53. The molecule has 90 valence electrons. The molecule has 0 fully saturated rings. The second kappa shape index (κ2) is 7.62. The average Bonchev–Trinajstić information content (AvgIpc) is 2.18. The zero-order valence-corrected chi connectivity index (χ0v) is 9.84. The van der Waals surface area contributed by atoms with Crippen LogP contribution in [0.1, 0.15) is 20.3 Å². The molecule has 0 aromatic carbocycles. The molecule has 0 saturated heterocycles. The van der Waals surface area contributed by atoms with Crippen LogP contribution in [0.15, 0.2) is 0 Å². The van der Waals surface area contributed by atoms with Gasteiger partial charge in [-0.05, 0) is 19.9 Å². The van der Waals surface area contributed by atoms with Gasteiger partial charge in [0.25, 0.3) is 0 Å². The SMILES string of the molecule is CCNC(C)(CCOCCOC)C(N)=O. The maximum Gasteiger partial charge on any atom is 0.237 e. The summed E-state index contributed by atoms with van der Waals surface area (Å²) >= 11 is 0. The number of rotatable bonds is 9. The molecule has 0 aliphatic rings. The molecule has 0 bridgehead atoms. The molecule has 1 atom stereocenters. The lowest BCUT2D eigenvalue weighted by Gasteiger charge is -2.26. The first-order valence-corrected chi connectivity index (χ1v) is 5.18. The first-order chi connectivity index (χ1) is 7.06. The van der Waals surface area contributed by atoms with Crippen LogP contribution in [0.2, 0.25) is 0 Å². The Kier molecular flexibility index (Phi) is 7.29. The first kappa shape index (κ1) is 14.3. The number of methoxy groups -OCH3 is 1. The van der Waals surface area contributed by atoms with E-state index >= 15 is 0 Å². The number of nitrogens with two attached hydrogens (primary N) is 1. The highest BCUT2D eigenvalue weighted by molar-refractivity contribution is 5.84. The Morgan fingerprint density at radius 3 is 2.53 bits per heavy atom. The molecule has 1 amide bonds. The standard InChI is InChI=1S/C10H22N2O3/c1-4-12-10(2,9(11)13)5-6-15-8-7-14-3/h12H,4-8H2,1-3H3,(H2,11,13). The summed E-state index contributed by atoms with van der Waals surface area (Å²) < 4.78 is 10.1. The molecule has 5 heteroatoms. The summed E-state index contributed by atoms with van der Waals surface area (Å²) in [6, 6.07) is 0. The van der Waals surface area contributed by atoms with Gasteiger partial charge in [0.1, 0.15) is 0 Å². The summed E-state index contributed by atoms with van der Waals surface area (Å²) in [6.45, 7) is 6.03. The minimum absolute atomic E-state index is 0.348. The zero-order valence-electron chi connectivity index (χ0n) is 9.84. The average molecular weight is 218 g/mol. The molecule has 15 heavy (non-hydrogen) atoms. The van der Waals surface area contributed by atoms with Crippen LogP contribution in [-0.4, -0.2) is 44.9 Å². The molecule has 0 aromatic rings. The van der Waals surface area contributed by atoms with E-state index in [0.29, 0.717) is 32.8 Å². The van der Waals surface area contributed by atoms with E-state index in [-0.39, 0.29) is 5.91 Å². The van der Waals surface area contributed by atoms with Crippen LogP contribution in [0, 0.1) is 0 Å². The van der Waals surface area contributed by atoms with Crippen molar-refractivity contribution in [2.75, 3.05) is 33.5 Å². The third-order valence-corrected chi connectivity index (χ3v) is 2.29. The van der Waals surface area contributed by atoms with Crippen molar-refractivity contribution in [2.24, 2.45) is 5.73 Å². The third-order valence-electron chi connectivity index (χ3n) is 2.29. The summed E-state index contributed by atoms with van der Waals surface area (Å²) in [5.74, 6) is -0.348. The van der Waals surface area contributed by atoms with E-state index in [1.807, 2.05) is 6.92 Å². The quantitative estimate of drug-likeness (QED) is 0.530. The zero-order chi connectivity index (χ0) is 11.7. The predicted molar refractivity (Wildman–Crippen MR) is 58.6 cm³/mol. The number of primary amides is 1. The number of ether oxygens (including phenoxy) is 2. The van der Waals surface area contributed by atoms with Gasteiger partial charge in [-0.25, -0.2) is 0 Å². The van der Waals surface area contributed by atoms with Crippen LogP contribution in [-0.2, 0) is 14.3 Å². The van der Waals surface area contributed by atoms with Crippen molar-refractivity contribution in [3.63, 3.8) is 0 Å². The molecule has 0 radical (unpaired) electrons. The summed E-state index contributed by atoms with van der Waals surface area (Å²) in [5, 5.41) is 3.06. The molecule has 3 N–H and O–H groups in total. The highest BCUT2D eigenvalue weighted by Gasteiger charge is 2.29. The normalized spacial score (nSPS) is 14.9. The molecule has 0 rings (SSSR count). The van der Waals surface area contributed by atoms with Gasteiger partial charge < -0.3 is 20.5 Å². The molecule has 0 spiro atoms. The van der Waals surface area contributed by atoms with Gasteiger partial charge in [-0.3, -0.25) is 4.79 Å². The van der Waals surface area contributed by atoms with Crippen molar-refractivity contribution in [2.45, 2.75) is 25.8 Å². The van der Waals surface area contributed by atoms with Gasteiger partial charge in [0.15, 0.2) is 0 Å². The van der Waals surface area contributed by atoms with Gasteiger partial charge in [0.05, 0.1) is 18.8 Å². The molecule has 0 aromatic heterocycles. The van der Waals surface area contributed by atoms with Gasteiger partial charge >= 0.3 is 0 Å². The van der Waals surface area contributed by atoms with Crippen LogP contribution in [0.25, 0.3) is 0 Å². The Morgan fingerprint density at radius 2 is 2.07 bits per heavy atom. The molecular formula is C10H22N2O3. The maximum absolute atomic E-state index is 11.2. The predicted octanol–water partition coefficient (Wildman–Crippen LogP) is -0.107. The topological polar surface area (TPSA) is 73.6 Å². The van der Waals surface area contributed by atoms with Crippen molar-refractivity contribution in [1.82, 2.24) is 5.32 Å². The smallest absolute Gasteiger partial charge is 0.237 e. The van der Waals surface area contributed by atoms with E-state index in [4.69, 9.17) is 15.2 Å². The summed E-state index contributed by atoms with van der Waals surface area (Å²) in [6.07, 6.45) is 0.569. The minimum atomic E-state index is -0.679. The van der Waals surface area contributed by atoms with Crippen LogP contribution in [0.4, 0.5) is 0 Å². The number of nitrogens with one attached hydrogen (secondary N) is 1. The second-order valence-corrected chi connectivity index (χ2v) is 3.58. The van der Waals surface area contributed by atoms with Gasteiger partial charge in [0.2, 0.25) is 5.91 Å². The van der Waals surface area contributed by atoms with Crippen molar-refractivity contribution in [3.05, 3.63) is 0 Å². The van der Waals surface area contributed by atoms with Crippen molar-refractivity contribution in [3.8, 4) is 0 Å². The number of likely N-dealkylation sites (N-methyl/N-ethyl adjacent to an activating group) is 1.